The van der Waals surface area contributed by atoms with E-state index in [4.69, 9.17) is 14.3 Å². The molecule has 19 heteroatoms. The molecule has 47 heavy (non-hydrogen) atoms. The minimum Gasteiger partial charge on any atom is -0.569 e. The van der Waals surface area contributed by atoms with Gasteiger partial charge in [0.2, 0.25) is 5.28 Å². The average Bonchev–Trinajstić information content (AvgIpc) is 3.68. The number of carbonyl (C=O) groups excluding carboxylic acids is 2. The maximum atomic E-state index is 13.5. The zero-order chi connectivity index (χ0) is 34.4. The van der Waals surface area contributed by atoms with Crippen molar-refractivity contribution in [2.24, 2.45) is 11.2 Å². The fourth-order valence-electron chi connectivity index (χ4n) is 4.38. The Labute approximate surface area is 267 Å². The van der Waals surface area contributed by atoms with Gasteiger partial charge in [-0.2, -0.15) is 18.3 Å². The molecule has 1 fully saturated rings. The van der Waals surface area contributed by atoms with Crippen LogP contribution in [0.5, 0.6) is 0 Å². The molecule has 4 rings (SSSR count). The van der Waals surface area contributed by atoms with E-state index in [9.17, 15) is 36.4 Å². The molecule has 2 atom stereocenters. The van der Waals surface area contributed by atoms with Crippen molar-refractivity contribution in [1.82, 2.24) is 19.5 Å². The first-order valence-electron chi connectivity index (χ1n) is 14.1. The smallest absolute Gasteiger partial charge is 0.511 e. The summed E-state index contributed by atoms with van der Waals surface area (Å²) >= 11 is 0. The van der Waals surface area contributed by atoms with Crippen LogP contribution in [0.4, 0.5) is 22.8 Å². The molecule has 15 nitrogen and oxygen atoms in total. The van der Waals surface area contributed by atoms with Gasteiger partial charge in [-0.1, -0.05) is 29.8 Å². The van der Waals surface area contributed by atoms with Crippen molar-refractivity contribution < 1.29 is 55.2 Å². The second-order valence-corrected chi connectivity index (χ2v) is 11.9. The van der Waals surface area contributed by atoms with Crippen LogP contribution in [-0.4, -0.2) is 73.0 Å². The summed E-state index contributed by atoms with van der Waals surface area (Å²) in [5.41, 5.74) is 0.530. The Morgan fingerprint density at radius 1 is 1.15 bits per heavy atom. The van der Waals surface area contributed by atoms with Crippen molar-refractivity contribution in [3.63, 3.8) is 0 Å². The Hall–Kier alpha value is -5.07. The molecule has 0 radical (unpaired) electrons. The van der Waals surface area contributed by atoms with Gasteiger partial charge in [0.05, 0.1) is 47.5 Å². The first-order chi connectivity index (χ1) is 22.2. The lowest BCUT2D eigenvalue weighted by Gasteiger charge is -2.14. The monoisotopic (exact) mass is 684 g/mol. The molecule has 1 amide bonds. The highest BCUT2D eigenvalue weighted by Crippen LogP contribution is 2.33. The SMILES string of the molecule is CCOC(=O)OC(C)O/N=[N+](\[O-])N1CCC(COC(=O)NS(=O)(=O)c2ccc(-n3nc(C(F)(F)F)cc3-c3ccc(C)cc3)cc2)C1. The number of halogens is 3. The molecule has 0 saturated carbocycles. The van der Waals surface area contributed by atoms with Gasteiger partial charge in [-0.15, -0.1) is 5.01 Å². The number of alkyl halides is 3. The van der Waals surface area contributed by atoms with Gasteiger partial charge in [-0.05, 0) is 50.6 Å². The summed E-state index contributed by atoms with van der Waals surface area (Å²) in [6.45, 7) is 4.92. The van der Waals surface area contributed by atoms with Crippen LogP contribution in [-0.2, 0) is 35.2 Å². The van der Waals surface area contributed by atoms with Crippen LogP contribution in [0, 0.1) is 18.0 Å². The molecular formula is C28H31F3N6O9S. The van der Waals surface area contributed by atoms with Crippen LogP contribution in [0.15, 0.2) is 64.8 Å². The maximum Gasteiger partial charge on any atom is 0.511 e. The van der Waals surface area contributed by atoms with Gasteiger partial charge in [0, 0.05) is 18.4 Å². The summed E-state index contributed by atoms with van der Waals surface area (Å²) in [5, 5.41) is 20.4. The Morgan fingerprint density at radius 2 is 1.83 bits per heavy atom. The van der Waals surface area contributed by atoms with Crippen LogP contribution in [0.25, 0.3) is 16.9 Å². The van der Waals surface area contributed by atoms with E-state index >= 15 is 0 Å². The lowest BCUT2D eigenvalue weighted by Crippen LogP contribution is -2.33. The largest absolute Gasteiger partial charge is 0.569 e. The van der Waals surface area contributed by atoms with E-state index in [1.807, 2.05) is 6.92 Å². The van der Waals surface area contributed by atoms with E-state index in [0.29, 0.717) is 12.0 Å². The highest BCUT2D eigenvalue weighted by molar-refractivity contribution is 7.90. The molecule has 1 aliphatic heterocycles. The number of ether oxygens (including phenoxy) is 3. The molecule has 1 saturated heterocycles. The Morgan fingerprint density at radius 3 is 2.47 bits per heavy atom. The number of carbonyl (C=O) groups is 2. The van der Waals surface area contributed by atoms with Crippen LogP contribution in [0.2, 0.25) is 0 Å². The zero-order valence-corrected chi connectivity index (χ0v) is 26.2. The molecule has 1 N–H and O–H groups in total. The summed E-state index contributed by atoms with van der Waals surface area (Å²) < 4.78 is 83.3. The molecular weight excluding hydrogens is 653 g/mol. The lowest BCUT2D eigenvalue weighted by molar-refractivity contribution is -0.710. The quantitative estimate of drug-likeness (QED) is 0.0952. The topological polar surface area (TPSA) is 177 Å². The van der Waals surface area contributed by atoms with Crippen molar-refractivity contribution in [2.45, 2.75) is 44.6 Å². The van der Waals surface area contributed by atoms with Crippen LogP contribution in [0.1, 0.15) is 31.5 Å². The number of nitrogens with zero attached hydrogens (tertiary/aromatic N) is 5. The third-order valence-electron chi connectivity index (χ3n) is 6.70. The fraction of sp³-hybridized carbons (Fsp3) is 0.393. The normalized spacial score (nSPS) is 16.0. The van der Waals surface area contributed by atoms with E-state index in [1.165, 1.54) is 24.1 Å². The molecule has 0 spiro atoms. The van der Waals surface area contributed by atoms with Crippen molar-refractivity contribution in [1.29, 1.82) is 0 Å². The number of aromatic nitrogens is 2. The standard InChI is InChI=1S/C28H31F3N6O9S/c1-4-43-27(39)45-19(3)46-34-37(40)35-14-13-20(16-35)17-44-26(38)33-47(41,42)23-11-9-22(10-12-23)36-24(15-25(32-36)28(29,30)31)21-7-5-18(2)6-8-21/h5-12,15,19-20H,4,13-14,16-17H2,1-3H3,(H,33,38)/b37-34-. The minimum absolute atomic E-state index is 0.0884. The molecule has 0 bridgehead atoms. The summed E-state index contributed by atoms with van der Waals surface area (Å²) in [4.78, 5) is 28.2. The number of aryl methyl sites for hydroxylation is 1. The van der Waals surface area contributed by atoms with Crippen molar-refractivity contribution in [3.05, 3.63) is 71.1 Å². The number of rotatable bonds is 11. The fourth-order valence-corrected chi connectivity index (χ4v) is 5.27. The summed E-state index contributed by atoms with van der Waals surface area (Å²) in [7, 11) is -4.42. The first-order valence-corrected chi connectivity index (χ1v) is 15.6. The highest BCUT2D eigenvalue weighted by atomic mass is 32.2. The summed E-state index contributed by atoms with van der Waals surface area (Å²) in [5.74, 6) is -0.346. The highest BCUT2D eigenvalue weighted by Gasteiger charge is 2.35. The number of benzene rings is 2. The van der Waals surface area contributed by atoms with Gasteiger partial charge >= 0.3 is 18.4 Å². The Bertz CT molecular complexity index is 1700. The van der Waals surface area contributed by atoms with E-state index in [0.717, 1.165) is 28.4 Å². The molecule has 2 unspecified atom stereocenters. The molecule has 2 aromatic carbocycles. The summed E-state index contributed by atoms with van der Waals surface area (Å²) in [6.07, 6.45) is -7.77. The molecule has 254 valence electrons. The molecule has 1 aromatic heterocycles. The van der Waals surface area contributed by atoms with E-state index in [2.05, 4.69) is 15.1 Å². The van der Waals surface area contributed by atoms with E-state index in [1.54, 1.807) is 35.9 Å². The average molecular weight is 685 g/mol. The number of hydrogen-bond donors (Lipinski definition) is 1. The molecule has 3 aromatic rings. The van der Waals surface area contributed by atoms with Gasteiger partial charge in [0.1, 0.15) is 0 Å². The lowest BCUT2D eigenvalue weighted by atomic mass is 10.1. The van der Waals surface area contributed by atoms with Crippen LogP contribution < -0.4 is 4.72 Å². The van der Waals surface area contributed by atoms with E-state index in [-0.39, 0.29) is 53.5 Å². The minimum atomic E-state index is -4.71. The Balaban J connectivity index is 1.33. The number of hydrazine groups is 1. The second kappa shape index (κ2) is 14.6. The zero-order valence-electron chi connectivity index (χ0n) is 25.3. The number of nitrogens with one attached hydrogen (secondary N) is 1. The third kappa shape index (κ3) is 9.24. The number of sulfonamides is 1. The predicted octanol–water partition coefficient (Wildman–Crippen LogP) is 4.93. The van der Waals surface area contributed by atoms with Crippen molar-refractivity contribution in [2.75, 3.05) is 26.3 Å². The molecule has 2 heterocycles. The predicted molar refractivity (Wildman–Crippen MR) is 155 cm³/mol. The Kier molecular flexibility index (Phi) is 10.8. The van der Waals surface area contributed by atoms with Gasteiger partial charge in [-0.3, -0.25) is 4.84 Å². The molecule has 0 aliphatic carbocycles. The van der Waals surface area contributed by atoms with E-state index < -0.39 is 40.4 Å². The van der Waals surface area contributed by atoms with Crippen LogP contribution in [0.3, 0.4) is 0 Å². The molecule has 1 aliphatic rings. The maximum absolute atomic E-state index is 13.5. The summed E-state index contributed by atoms with van der Waals surface area (Å²) in [6, 6.07) is 12.4. The second-order valence-electron chi connectivity index (χ2n) is 10.3. The van der Waals surface area contributed by atoms with Gasteiger partial charge in [0.25, 0.3) is 16.3 Å². The van der Waals surface area contributed by atoms with Crippen LogP contribution >= 0.6 is 0 Å². The van der Waals surface area contributed by atoms with Gasteiger partial charge in [-0.25, -0.2) is 27.4 Å². The van der Waals surface area contributed by atoms with Gasteiger partial charge in [0.15, 0.2) is 5.69 Å². The van der Waals surface area contributed by atoms with Crippen molar-refractivity contribution >= 4 is 22.3 Å². The number of hydrogen-bond acceptors (Lipinski definition) is 11. The van der Waals surface area contributed by atoms with Gasteiger partial charge < -0.3 is 19.4 Å². The van der Waals surface area contributed by atoms with Crippen molar-refractivity contribution in [3.8, 4) is 16.9 Å². The number of amides is 1. The first kappa shape index (κ1) is 34.8. The third-order valence-corrected chi connectivity index (χ3v) is 8.03.